The van der Waals surface area contributed by atoms with Crippen LogP contribution in [0, 0.1) is 0 Å². The molecule has 0 spiro atoms. The van der Waals surface area contributed by atoms with Gasteiger partial charge in [-0.25, -0.2) is 0 Å². The second-order valence-corrected chi connectivity index (χ2v) is 6.31. The first kappa shape index (κ1) is 28.3. The molecule has 0 saturated carbocycles. The summed E-state index contributed by atoms with van der Waals surface area (Å²) < 4.78 is 1.56. The van der Waals surface area contributed by atoms with Gasteiger partial charge >= 0.3 is 52.6 Å². The zero-order chi connectivity index (χ0) is 18.9. The maximum absolute atomic E-state index is 9.64. The van der Waals surface area contributed by atoms with E-state index in [9.17, 15) is 15.3 Å². The van der Waals surface area contributed by atoms with Crippen LogP contribution in [-0.4, -0.2) is 19.8 Å². The number of hydrogen-bond acceptors (Lipinski definition) is 3. The summed E-state index contributed by atoms with van der Waals surface area (Å²) >= 11 is 1.56. The third-order valence-corrected chi connectivity index (χ3v) is 3.34. The minimum atomic E-state index is 0.0337. The summed E-state index contributed by atoms with van der Waals surface area (Å²) in [6, 6.07) is 0. The molecule has 0 bridgehead atoms. The summed E-state index contributed by atoms with van der Waals surface area (Å²) in [6.07, 6.45) is 17.8. The SMILES string of the molecule is C=CCCC[O-].C=CCCC[O-].C=CCCC[O-].[Zr+3][C]1=CC=CC1. The molecule has 0 unspecified atom stereocenters. The van der Waals surface area contributed by atoms with Crippen LogP contribution in [0.4, 0.5) is 0 Å². The predicted molar refractivity (Wildman–Crippen MR) is 94.7 cm³/mol. The minimum absolute atomic E-state index is 0.0337. The first-order chi connectivity index (χ1) is 11.6. The average molecular weight is 412 g/mol. The van der Waals surface area contributed by atoms with Gasteiger partial charge in [-0.15, -0.1) is 39.6 Å². The predicted octanol–water partition coefficient (Wildman–Crippen LogP) is 2.32. The van der Waals surface area contributed by atoms with E-state index in [1.54, 1.807) is 46.2 Å². The van der Waals surface area contributed by atoms with E-state index in [0.717, 1.165) is 38.5 Å². The van der Waals surface area contributed by atoms with Gasteiger partial charge in [0.15, 0.2) is 0 Å². The van der Waals surface area contributed by atoms with Crippen LogP contribution in [0.5, 0.6) is 0 Å². The Morgan fingerprint density at radius 1 is 0.833 bits per heavy atom. The van der Waals surface area contributed by atoms with Crippen LogP contribution in [0.25, 0.3) is 0 Å². The van der Waals surface area contributed by atoms with Crippen molar-refractivity contribution in [1.29, 1.82) is 0 Å². The van der Waals surface area contributed by atoms with E-state index >= 15 is 0 Å². The van der Waals surface area contributed by atoms with E-state index in [2.05, 4.69) is 38.0 Å². The Morgan fingerprint density at radius 2 is 1.21 bits per heavy atom. The first-order valence-electron chi connectivity index (χ1n) is 8.28. The molecule has 1 aliphatic carbocycles. The van der Waals surface area contributed by atoms with Gasteiger partial charge in [-0.1, -0.05) is 37.5 Å². The molecule has 1 aliphatic rings. The van der Waals surface area contributed by atoms with Gasteiger partial charge in [0.2, 0.25) is 0 Å². The van der Waals surface area contributed by atoms with E-state index in [1.165, 1.54) is 6.42 Å². The van der Waals surface area contributed by atoms with Crippen molar-refractivity contribution in [2.45, 2.75) is 44.9 Å². The van der Waals surface area contributed by atoms with Crippen LogP contribution < -0.4 is 15.3 Å². The van der Waals surface area contributed by atoms with Crippen molar-refractivity contribution in [2.24, 2.45) is 0 Å². The fraction of sp³-hybridized carbons (Fsp3) is 0.500. The third-order valence-electron chi connectivity index (χ3n) is 2.43. The zero-order valence-corrected chi connectivity index (χ0v) is 17.3. The summed E-state index contributed by atoms with van der Waals surface area (Å²) in [5.41, 5.74) is 0. The fourth-order valence-electron chi connectivity index (χ4n) is 1.13. The second kappa shape index (κ2) is 30.4. The first-order valence-corrected chi connectivity index (χ1v) is 9.51. The van der Waals surface area contributed by atoms with Crippen LogP contribution in [0.2, 0.25) is 0 Å². The van der Waals surface area contributed by atoms with Gasteiger partial charge in [0.05, 0.1) is 0 Å². The number of unbranched alkanes of at least 4 members (excludes halogenated alkanes) is 3. The quantitative estimate of drug-likeness (QED) is 0.432. The summed E-state index contributed by atoms with van der Waals surface area (Å²) in [4.78, 5) is 0. The van der Waals surface area contributed by atoms with E-state index in [0.29, 0.717) is 0 Å². The van der Waals surface area contributed by atoms with Crippen molar-refractivity contribution >= 4 is 0 Å². The molecule has 0 heterocycles. The van der Waals surface area contributed by atoms with E-state index in [-0.39, 0.29) is 19.8 Å². The molecule has 0 N–H and O–H groups in total. The molecule has 0 fully saturated rings. The molecule has 0 aromatic heterocycles. The summed E-state index contributed by atoms with van der Waals surface area (Å²) in [6.45, 7) is 10.5. The van der Waals surface area contributed by atoms with Crippen LogP contribution >= 0.6 is 0 Å². The molecular weight excluding hydrogens is 379 g/mol. The van der Waals surface area contributed by atoms with Crippen molar-refractivity contribution in [3.63, 3.8) is 0 Å². The summed E-state index contributed by atoms with van der Waals surface area (Å²) in [7, 11) is 0. The van der Waals surface area contributed by atoms with Gasteiger partial charge in [0.1, 0.15) is 0 Å². The molecule has 0 radical (unpaired) electrons. The van der Waals surface area contributed by atoms with Gasteiger partial charge in [-0.3, -0.25) is 0 Å². The van der Waals surface area contributed by atoms with E-state index in [1.807, 2.05) is 0 Å². The van der Waals surface area contributed by atoms with Crippen molar-refractivity contribution in [3.8, 4) is 0 Å². The summed E-state index contributed by atoms with van der Waals surface area (Å²) in [5.74, 6) is 0. The Kier molecular flexibility index (Phi) is 35.8. The molecule has 134 valence electrons. The van der Waals surface area contributed by atoms with Crippen LogP contribution in [0.15, 0.2) is 59.5 Å². The average Bonchev–Trinajstić information content (AvgIpc) is 3.09. The molecular formula is C20H32O3Zr. The van der Waals surface area contributed by atoms with Crippen molar-refractivity contribution in [2.75, 3.05) is 19.8 Å². The number of rotatable bonds is 9. The monoisotopic (exact) mass is 410 g/mol. The Bertz CT molecular complexity index is 294. The maximum atomic E-state index is 9.64. The fourth-order valence-corrected chi connectivity index (χ4v) is 1.66. The normalized spacial score (nSPS) is 10.8. The van der Waals surface area contributed by atoms with E-state index in [4.69, 9.17) is 0 Å². The molecule has 0 amide bonds. The second-order valence-electron chi connectivity index (χ2n) is 4.73. The molecule has 24 heavy (non-hydrogen) atoms. The number of allylic oxidation sites excluding steroid dienone is 7. The molecule has 1 rings (SSSR count). The number of hydrogen-bond donors (Lipinski definition) is 0. The van der Waals surface area contributed by atoms with Gasteiger partial charge in [0.25, 0.3) is 0 Å². The Morgan fingerprint density at radius 3 is 1.29 bits per heavy atom. The van der Waals surface area contributed by atoms with Gasteiger partial charge < -0.3 is 15.3 Å². The van der Waals surface area contributed by atoms with Crippen molar-refractivity contribution < 1.29 is 40.0 Å². The molecule has 4 heteroatoms. The third kappa shape index (κ3) is 37.6. The summed E-state index contributed by atoms with van der Waals surface area (Å²) in [5, 5.41) is 28.9. The van der Waals surface area contributed by atoms with Crippen LogP contribution in [-0.2, 0) is 24.7 Å². The van der Waals surface area contributed by atoms with Crippen molar-refractivity contribution in [1.82, 2.24) is 0 Å². The van der Waals surface area contributed by atoms with Gasteiger partial charge in [0, 0.05) is 0 Å². The molecule has 3 nitrogen and oxygen atoms in total. The van der Waals surface area contributed by atoms with Gasteiger partial charge in [-0.2, -0.15) is 0 Å². The Labute approximate surface area is 164 Å². The topological polar surface area (TPSA) is 69.2 Å². The van der Waals surface area contributed by atoms with E-state index < -0.39 is 0 Å². The van der Waals surface area contributed by atoms with Gasteiger partial charge in [-0.05, 0) is 19.3 Å². The molecule has 0 aromatic carbocycles. The van der Waals surface area contributed by atoms with Crippen molar-refractivity contribution in [3.05, 3.63) is 59.5 Å². The zero-order valence-electron chi connectivity index (χ0n) is 14.9. The molecule has 0 atom stereocenters. The van der Waals surface area contributed by atoms with Crippen LogP contribution in [0.1, 0.15) is 44.9 Å². The Balaban J connectivity index is -0.000000245. The standard InChI is InChI=1S/3C5H9O.C5H5.Zr/c3*1-2-3-4-5-6;1-2-4-5-3-1;/h3*2H,1,3-5H2;1-3H,4H2;/q3*-1;;+3. The Hall–Kier alpha value is -0.537. The van der Waals surface area contributed by atoms with Crippen LogP contribution in [0.3, 0.4) is 0 Å². The molecule has 0 aromatic rings. The molecule has 0 aliphatic heterocycles. The molecule has 0 saturated heterocycles.